The van der Waals surface area contributed by atoms with Crippen molar-refractivity contribution in [2.75, 3.05) is 14.2 Å². The average molecular weight is 261 g/mol. The topological polar surface area (TPSA) is 21.7 Å². The van der Waals surface area contributed by atoms with Crippen LogP contribution in [0.3, 0.4) is 0 Å². The van der Waals surface area contributed by atoms with Crippen molar-refractivity contribution in [3.05, 3.63) is 29.8 Å². The third-order valence-corrected chi connectivity index (χ3v) is 3.04. The maximum Gasteiger partial charge on any atom is 0.416 e. The van der Waals surface area contributed by atoms with Crippen LogP contribution in [0.25, 0.3) is 0 Å². The largest absolute Gasteiger partial charge is 0.497 e. The quantitative estimate of drug-likeness (QED) is 0.817. The average Bonchev–Trinajstić information content (AvgIpc) is 2.71. The van der Waals surface area contributed by atoms with E-state index in [9.17, 15) is 13.2 Å². The van der Waals surface area contributed by atoms with Gasteiger partial charge < -0.3 is 4.74 Å². The summed E-state index contributed by atoms with van der Waals surface area (Å²) in [4.78, 5) is 4.83. The second kappa shape index (κ2) is 4.78. The zero-order chi connectivity index (χ0) is 13.3. The number of hydrogen-bond acceptors (Lipinski definition) is 3. The highest BCUT2D eigenvalue weighted by Crippen LogP contribution is 2.39. The number of rotatable bonds is 2. The van der Waals surface area contributed by atoms with Crippen LogP contribution in [-0.2, 0) is 4.84 Å². The van der Waals surface area contributed by atoms with Crippen LogP contribution in [0.5, 0.6) is 5.75 Å². The Kier molecular flexibility index (Phi) is 3.49. The van der Waals surface area contributed by atoms with Gasteiger partial charge in [0.1, 0.15) is 5.75 Å². The Bertz CT molecular complexity index is 405. The standard InChI is InChI=1S/C12H14F3NO2/c1-16-10(7-11(18-16)12(13,14)15)8-3-5-9(17-2)6-4-8/h3-6,10-11H,7H2,1-2H3/t10-,11+/m0/s1. The van der Waals surface area contributed by atoms with Crippen molar-refractivity contribution < 1.29 is 22.7 Å². The molecule has 1 aromatic carbocycles. The van der Waals surface area contributed by atoms with E-state index in [0.717, 1.165) is 5.56 Å². The molecule has 0 saturated carbocycles. The molecule has 0 N–H and O–H groups in total. The summed E-state index contributed by atoms with van der Waals surface area (Å²) in [5.41, 5.74) is 0.782. The van der Waals surface area contributed by atoms with E-state index in [-0.39, 0.29) is 12.5 Å². The van der Waals surface area contributed by atoms with Crippen molar-refractivity contribution in [3.8, 4) is 5.75 Å². The van der Waals surface area contributed by atoms with Crippen LogP contribution in [0.4, 0.5) is 13.2 Å². The fraction of sp³-hybridized carbons (Fsp3) is 0.500. The van der Waals surface area contributed by atoms with Gasteiger partial charge in [-0.3, -0.25) is 4.84 Å². The van der Waals surface area contributed by atoms with E-state index in [0.29, 0.717) is 5.75 Å². The molecular weight excluding hydrogens is 247 g/mol. The molecule has 100 valence electrons. The van der Waals surface area contributed by atoms with Gasteiger partial charge in [-0.15, -0.1) is 0 Å². The van der Waals surface area contributed by atoms with E-state index in [1.807, 2.05) is 0 Å². The molecule has 0 amide bonds. The molecule has 3 nitrogen and oxygen atoms in total. The molecule has 0 aliphatic carbocycles. The summed E-state index contributed by atoms with van der Waals surface area (Å²) in [6.45, 7) is 0. The van der Waals surface area contributed by atoms with Crippen LogP contribution in [0, 0.1) is 0 Å². The predicted molar refractivity (Wildman–Crippen MR) is 59.0 cm³/mol. The van der Waals surface area contributed by atoms with Crippen molar-refractivity contribution >= 4 is 0 Å². The fourth-order valence-electron chi connectivity index (χ4n) is 2.03. The Morgan fingerprint density at radius 1 is 1.28 bits per heavy atom. The third kappa shape index (κ3) is 2.59. The SMILES string of the molecule is COc1ccc([C@@H]2C[C@H](C(F)(F)F)ON2C)cc1. The molecule has 2 atom stereocenters. The van der Waals surface area contributed by atoms with Gasteiger partial charge in [0.05, 0.1) is 13.2 Å². The molecule has 18 heavy (non-hydrogen) atoms. The second-order valence-corrected chi connectivity index (χ2v) is 4.21. The van der Waals surface area contributed by atoms with Gasteiger partial charge in [-0.2, -0.15) is 18.2 Å². The molecule has 1 heterocycles. The minimum Gasteiger partial charge on any atom is -0.497 e. The molecule has 0 bridgehead atoms. The summed E-state index contributed by atoms with van der Waals surface area (Å²) < 4.78 is 42.7. The van der Waals surface area contributed by atoms with E-state index < -0.39 is 12.3 Å². The lowest BCUT2D eigenvalue weighted by molar-refractivity contribution is -0.261. The van der Waals surface area contributed by atoms with Crippen LogP contribution < -0.4 is 4.74 Å². The van der Waals surface area contributed by atoms with Crippen molar-refractivity contribution in [1.82, 2.24) is 5.06 Å². The molecule has 1 aromatic rings. The number of nitrogens with zero attached hydrogens (tertiary/aromatic N) is 1. The highest BCUT2D eigenvalue weighted by atomic mass is 19.4. The highest BCUT2D eigenvalue weighted by Gasteiger charge is 2.48. The van der Waals surface area contributed by atoms with E-state index in [1.54, 1.807) is 31.4 Å². The molecule has 1 aliphatic heterocycles. The van der Waals surface area contributed by atoms with E-state index in [1.165, 1.54) is 12.1 Å². The summed E-state index contributed by atoms with van der Waals surface area (Å²) in [6, 6.07) is 6.57. The highest BCUT2D eigenvalue weighted by molar-refractivity contribution is 5.29. The maximum absolute atomic E-state index is 12.6. The van der Waals surface area contributed by atoms with Crippen LogP contribution in [-0.4, -0.2) is 31.5 Å². The van der Waals surface area contributed by atoms with E-state index in [4.69, 9.17) is 9.57 Å². The molecule has 6 heteroatoms. The first kappa shape index (κ1) is 13.2. The normalized spacial score (nSPS) is 25.4. The van der Waals surface area contributed by atoms with Gasteiger partial charge in [0.25, 0.3) is 0 Å². The van der Waals surface area contributed by atoms with Gasteiger partial charge in [-0.05, 0) is 17.7 Å². The Morgan fingerprint density at radius 2 is 1.89 bits per heavy atom. The van der Waals surface area contributed by atoms with Crippen LogP contribution >= 0.6 is 0 Å². The smallest absolute Gasteiger partial charge is 0.416 e. The predicted octanol–water partition coefficient (Wildman–Crippen LogP) is 2.93. The van der Waals surface area contributed by atoms with Gasteiger partial charge in [0.2, 0.25) is 0 Å². The maximum atomic E-state index is 12.6. The Hall–Kier alpha value is -1.27. The second-order valence-electron chi connectivity index (χ2n) is 4.21. The van der Waals surface area contributed by atoms with E-state index >= 15 is 0 Å². The van der Waals surface area contributed by atoms with Gasteiger partial charge in [0.15, 0.2) is 6.10 Å². The van der Waals surface area contributed by atoms with Gasteiger partial charge >= 0.3 is 6.18 Å². The summed E-state index contributed by atoms with van der Waals surface area (Å²) in [5.74, 6) is 0.674. The first-order chi connectivity index (χ1) is 8.41. The third-order valence-electron chi connectivity index (χ3n) is 3.04. The Labute approximate surface area is 103 Å². The molecule has 0 spiro atoms. The zero-order valence-electron chi connectivity index (χ0n) is 10.1. The molecule has 1 fully saturated rings. The van der Waals surface area contributed by atoms with Crippen LogP contribution in [0.1, 0.15) is 18.0 Å². The molecule has 0 unspecified atom stereocenters. The fourth-order valence-corrected chi connectivity index (χ4v) is 2.03. The first-order valence-corrected chi connectivity index (χ1v) is 5.52. The number of hydroxylamine groups is 2. The van der Waals surface area contributed by atoms with Gasteiger partial charge in [0, 0.05) is 13.5 Å². The molecule has 0 aromatic heterocycles. The van der Waals surface area contributed by atoms with Gasteiger partial charge in [-0.1, -0.05) is 12.1 Å². The number of methoxy groups -OCH3 is 1. The lowest BCUT2D eigenvalue weighted by Gasteiger charge is -2.18. The monoisotopic (exact) mass is 261 g/mol. The number of benzene rings is 1. The summed E-state index contributed by atoms with van der Waals surface area (Å²) >= 11 is 0. The minimum atomic E-state index is -4.32. The number of ether oxygens (including phenoxy) is 1. The molecule has 1 saturated heterocycles. The summed E-state index contributed by atoms with van der Waals surface area (Å²) in [7, 11) is 3.06. The van der Waals surface area contributed by atoms with Gasteiger partial charge in [-0.25, -0.2) is 0 Å². The molecule has 2 rings (SSSR count). The molecule has 0 radical (unpaired) electrons. The lowest BCUT2D eigenvalue weighted by atomic mass is 10.0. The van der Waals surface area contributed by atoms with Crippen molar-refractivity contribution in [2.24, 2.45) is 0 Å². The summed E-state index contributed by atoms with van der Waals surface area (Å²) in [5, 5.41) is 1.26. The number of alkyl halides is 3. The lowest BCUT2D eigenvalue weighted by Crippen LogP contribution is -2.29. The van der Waals surface area contributed by atoms with Crippen molar-refractivity contribution in [3.63, 3.8) is 0 Å². The Balaban J connectivity index is 2.13. The minimum absolute atomic E-state index is 0.0909. The molecule has 1 aliphatic rings. The van der Waals surface area contributed by atoms with Crippen molar-refractivity contribution in [2.45, 2.75) is 24.7 Å². The first-order valence-electron chi connectivity index (χ1n) is 5.52. The van der Waals surface area contributed by atoms with Crippen molar-refractivity contribution in [1.29, 1.82) is 0 Å². The number of halogens is 3. The summed E-state index contributed by atoms with van der Waals surface area (Å²) in [6.07, 6.45) is -6.14. The number of hydrogen-bond donors (Lipinski definition) is 0. The van der Waals surface area contributed by atoms with Crippen LogP contribution in [0.15, 0.2) is 24.3 Å². The molecular formula is C12H14F3NO2. The Morgan fingerprint density at radius 3 is 2.33 bits per heavy atom. The zero-order valence-corrected chi connectivity index (χ0v) is 10.1. The van der Waals surface area contributed by atoms with E-state index in [2.05, 4.69) is 0 Å². The van der Waals surface area contributed by atoms with Crippen LogP contribution in [0.2, 0.25) is 0 Å².